The molecule has 0 radical (unpaired) electrons. The van der Waals surface area contributed by atoms with Gasteiger partial charge in [0, 0.05) is 11.4 Å². The van der Waals surface area contributed by atoms with E-state index >= 15 is 0 Å². The van der Waals surface area contributed by atoms with Crippen LogP contribution in [0.1, 0.15) is 31.0 Å². The summed E-state index contributed by atoms with van der Waals surface area (Å²) in [6.45, 7) is 3.97. The number of esters is 1. The molecule has 0 amide bonds. The van der Waals surface area contributed by atoms with Gasteiger partial charge in [-0.15, -0.1) is 5.10 Å². The number of hydrogen-bond donors (Lipinski definition) is 1. The number of methoxy groups -OCH3 is 1. The molecule has 0 spiro atoms. The number of carbonyl (C=O) groups excluding carboxylic acids is 1. The van der Waals surface area contributed by atoms with Crippen LogP contribution in [0.15, 0.2) is 71.0 Å². The second kappa shape index (κ2) is 9.26. The molecule has 160 valence electrons. The van der Waals surface area contributed by atoms with Gasteiger partial charge in [0.1, 0.15) is 11.8 Å². The predicted octanol–water partition coefficient (Wildman–Crippen LogP) is 4.43. The molecule has 0 aliphatic carbocycles. The molecule has 1 unspecified atom stereocenters. The van der Waals surface area contributed by atoms with Crippen molar-refractivity contribution in [2.75, 3.05) is 19.0 Å². The number of carbonyl (C=O) groups is 1. The molecule has 0 saturated heterocycles. The first kappa shape index (κ1) is 21.0. The quantitative estimate of drug-likeness (QED) is 0.434. The summed E-state index contributed by atoms with van der Waals surface area (Å²) < 4.78 is 12.4. The zero-order valence-corrected chi connectivity index (χ0v) is 18.5. The highest BCUT2D eigenvalue weighted by molar-refractivity contribution is 7.98. The van der Waals surface area contributed by atoms with Crippen LogP contribution in [0.5, 0.6) is 5.75 Å². The highest BCUT2D eigenvalue weighted by Gasteiger charge is 2.35. The zero-order chi connectivity index (χ0) is 21.8. The smallest absolute Gasteiger partial charge is 0.338 e. The minimum Gasteiger partial charge on any atom is -0.497 e. The fourth-order valence-electron chi connectivity index (χ4n) is 3.52. The maximum atomic E-state index is 12.8. The minimum atomic E-state index is -0.407. The van der Waals surface area contributed by atoms with Crippen LogP contribution in [-0.2, 0) is 15.3 Å². The Balaban J connectivity index is 1.65. The molecule has 2 aromatic carbocycles. The molecule has 1 N–H and O–H groups in total. The van der Waals surface area contributed by atoms with Gasteiger partial charge in [-0.1, -0.05) is 54.2 Å². The summed E-state index contributed by atoms with van der Waals surface area (Å²) in [4.78, 5) is 17.4. The molecule has 2 heterocycles. The Hall–Kier alpha value is -3.26. The Morgan fingerprint density at radius 1 is 1.19 bits per heavy atom. The number of nitrogens with zero attached hydrogens (tertiary/aromatic N) is 3. The first-order chi connectivity index (χ1) is 15.1. The van der Waals surface area contributed by atoms with Crippen LogP contribution in [0.4, 0.5) is 5.95 Å². The number of fused-ring (bicyclic) bond motifs is 1. The molecule has 4 rings (SSSR count). The van der Waals surface area contributed by atoms with Gasteiger partial charge in [-0.25, -0.2) is 9.48 Å². The van der Waals surface area contributed by atoms with Crippen LogP contribution in [-0.4, -0.2) is 34.5 Å². The van der Waals surface area contributed by atoms with Crippen LogP contribution in [0.25, 0.3) is 0 Å². The Morgan fingerprint density at radius 3 is 2.74 bits per heavy atom. The molecular weight excluding hydrogens is 412 g/mol. The largest absolute Gasteiger partial charge is 0.497 e. The maximum Gasteiger partial charge on any atom is 0.338 e. The van der Waals surface area contributed by atoms with Crippen molar-refractivity contribution in [2.24, 2.45) is 0 Å². The topological polar surface area (TPSA) is 78.3 Å². The van der Waals surface area contributed by atoms with Crippen molar-refractivity contribution in [3.8, 4) is 5.75 Å². The Kier molecular flexibility index (Phi) is 6.27. The average Bonchev–Trinajstić information content (AvgIpc) is 3.20. The Morgan fingerprint density at radius 2 is 2.00 bits per heavy atom. The summed E-state index contributed by atoms with van der Waals surface area (Å²) in [6.07, 6.45) is 0. The van der Waals surface area contributed by atoms with E-state index in [4.69, 9.17) is 14.6 Å². The van der Waals surface area contributed by atoms with E-state index in [1.807, 2.05) is 61.5 Å². The number of nitrogens with one attached hydrogen (secondary N) is 1. The lowest BCUT2D eigenvalue weighted by molar-refractivity contribution is -0.139. The number of anilines is 1. The van der Waals surface area contributed by atoms with Crippen molar-refractivity contribution in [1.82, 2.24) is 14.8 Å². The van der Waals surface area contributed by atoms with Gasteiger partial charge in [-0.3, -0.25) is 0 Å². The number of ether oxygens (including phenoxy) is 2. The lowest BCUT2D eigenvalue weighted by Crippen LogP contribution is -2.29. The summed E-state index contributed by atoms with van der Waals surface area (Å²) in [5, 5.41) is 8.58. The van der Waals surface area contributed by atoms with Crippen LogP contribution in [0, 0.1) is 0 Å². The van der Waals surface area contributed by atoms with Gasteiger partial charge >= 0.3 is 5.97 Å². The molecule has 1 aliphatic heterocycles. The monoisotopic (exact) mass is 436 g/mol. The molecule has 8 heteroatoms. The molecule has 0 bridgehead atoms. The molecule has 1 aromatic heterocycles. The van der Waals surface area contributed by atoms with Gasteiger partial charge < -0.3 is 14.8 Å². The molecule has 31 heavy (non-hydrogen) atoms. The molecule has 1 atom stereocenters. The van der Waals surface area contributed by atoms with E-state index in [0.29, 0.717) is 29.0 Å². The average molecular weight is 437 g/mol. The van der Waals surface area contributed by atoms with Crippen molar-refractivity contribution in [2.45, 2.75) is 30.8 Å². The van der Waals surface area contributed by atoms with Crippen molar-refractivity contribution >= 4 is 23.7 Å². The van der Waals surface area contributed by atoms with Crippen molar-refractivity contribution in [3.05, 3.63) is 77.0 Å². The zero-order valence-electron chi connectivity index (χ0n) is 17.7. The highest BCUT2D eigenvalue weighted by Crippen LogP contribution is 2.37. The Bertz CT molecular complexity index is 1110. The fraction of sp³-hybridized carbons (Fsp3) is 0.261. The lowest BCUT2D eigenvalue weighted by atomic mass is 9.96. The van der Waals surface area contributed by atoms with Gasteiger partial charge in [0.25, 0.3) is 0 Å². The second-order valence-electron chi connectivity index (χ2n) is 7.00. The SMILES string of the molecule is CCOC(=O)C1=C(C)Nc2nc(SCc3cccc(OC)c3)nn2C1c1ccccc1. The third-order valence-electron chi connectivity index (χ3n) is 4.95. The van der Waals surface area contributed by atoms with Gasteiger partial charge in [0.05, 0.1) is 19.3 Å². The van der Waals surface area contributed by atoms with Crippen molar-refractivity contribution in [1.29, 1.82) is 0 Å². The van der Waals surface area contributed by atoms with Gasteiger partial charge in [-0.2, -0.15) is 4.98 Å². The fourth-order valence-corrected chi connectivity index (χ4v) is 4.29. The molecule has 7 nitrogen and oxygen atoms in total. The highest BCUT2D eigenvalue weighted by atomic mass is 32.2. The van der Waals surface area contributed by atoms with Crippen molar-refractivity contribution < 1.29 is 14.3 Å². The first-order valence-electron chi connectivity index (χ1n) is 10.0. The van der Waals surface area contributed by atoms with Crippen LogP contribution in [0.3, 0.4) is 0 Å². The third kappa shape index (κ3) is 4.44. The van der Waals surface area contributed by atoms with Crippen molar-refractivity contribution in [3.63, 3.8) is 0 Å². The minimum absolute atomic E-state index is 0.309. The molecule has 0 fully saturated rings. The van der Waals surface area contributed by atoms with E-state index in [9.17, 15) is 4.79 Å². The van der Waals surface area contributed by atoms with Gasteiger partial charge in [-0.05, 0) is 37.1 Å². The van der Waals surface area contributed by atoms with E-state index in [1.54, 1.807) is 18.7 Å². The summed E-state index contributed by atoms with van der Waals surface area (Å²) >= 11 is 1.53. The number of hydrogen-bond acceptors (Lipinski definition) is 7. The summed E-state index contributed by atoms with van der Waals surface area (Å²) in [5.74, 6) is 1.77. The molecule has 0 saturated carbocycles. The number of thioether (sulfide) groups is 1. The van der Waals surface area contributed by atoms with E-state index in [0.717, 1.165) is 22.6 Å². The summed E-state index contributed by atoms with van der Waals surface area (Å²) in [6, 6.07) is 17.3. The van der Waals surface area contributed by atoms with Crippen LogP contribution < -0.4 is 10.1 Å². The molecular formula is C23H24N4O3S. The van der Waals surface area contributed by atoms with E-state index in [1.165, 1.54) is 11.8 Å². The van der Waals surface area contributed by atoms with Crippen LogP contribution >= 0.6 is 11.8 Å². The maximum absolute atomic E-state index is 12.8. The van der Waals surface area contributed by atoms with Gasteiger partial charge in [0.15, 0.2) is 0 Å². The number of allylic oxidation sites excluding steroid dienone is 1. The third-order valence-corrected chi connectivity index (χ3v) is 5.85. The first-order valence-corrected chi connectivity index (χ1v) is 11.0. The molecule has 1 aliphatic rings. The second-order valence-corrected chi connectivity index (χ2v) is 7.94. The van der Waals surface area contributed by atoms with Crippen LogP contribution in [0.2, 0.25) is 0 Å². The standard InChI is InChI=1S/C23H24N4O3S/c1-4-30-21(28)19-15(2)24-22-25-23(31-14-16-9-8-12-18(13-16)29-3)26-27(22)20(19)17-10-6-5-7-11-17/h5-13,20H,4,14H2,1-3H3,(H,24,25,26). The number of aromatic nitrogens is 3. The lowest BCUT2D eigenvalue weighted by Gasteiger charge is -2.28. The normalized spacial score (nSPS) is 15.3. The summed E-state index contributed by atoms with van der Waals surface area (Å²) in [5.41, 5.74) is 3.32. The van der Waals surface area contributed by atoms with E-state index in [2.05, 4.69) is 10.3 Å². The van der Waals surface area contributed by atoms with E-state index < -0.39 is 6.04 Å². The summed E-state index contributed by atoms with van der Waals surface area (Å²) in [7, 11) is 1.66. The molecule has 3 aromatic rings. The van der Waals surface area contributed by atoms with E-state index in [-0.39, 0.29) is 5.97 Å². The number of benzene rings is 2. The Labute approximate surface area is 185 Å². The number of rotatable bonds is 7. The predicted molar refractivity (Wildman–Crippen MR) is 120 cm³/mol. The van der Waals surface area contributed by atoms with Gasteiger partial charge in [0.2, 0.25) is 11.1 Å².